The second-order valence-corrected chi connectivity index (χ2v) is 7.36. The van der Waals surface area contributed by atoms with Crippen LogP contribution in [0.2, 0.25) is 0 Å². The molecular formula is C10H16Br2. The van der Waals surface area contributed by atoms with Crippen LogP contribution >= 0.6 is 31.9 Å². The van der Waals surface area contributed by atoms with Gasteiger partial charge in [-0.2, -0.15) is 0 Å². The molecule has 0 saturated heterocycles. The zero-order valence-corrected chi connectivity index (χ0v) is 10.9. The first kappa shape index (κ1) is 9.51. The standard InChI is InChI=1S/C10H16Br2/c1-9(5-7(9)11)3-4-10(2)6-8(10)12/h7-8H,3-6H2,1-2H3. The maximum atomic E-state index is 3.70. The lowest BCUT2D eigenvalue weighted by Gasteiger charge is -2.13. The Morgan fingerprint density at radius 3 is 1.42 bits per heavy atom. The summed E-state index contributed by atoms with van der Waals surface area (Å²) < 4.78 is 0. The fourth-order valence-corrected chi connectivity index (χ4v) is 3.73. The minimum absolute atomic E-state index is 0.637. The Balaban J connectivity index is 1.77. The van der Waals surface area contributed by atoms with E-state index in [1.54, 1.807) is 0 Å². The van der Waals surface area contributed by atoms with Crippen LogP contribution in [0.15, 0.2) is 0 Å². The maximum absolute atomic E-state index is 3.70. The molecule has 2 heteroatoms. The van der Waals surface area contributed by atoms with Crippen molar-refractivity contribution in [2.75, 3.05) is 0 Å². The lowest BCUT2D eigenvalue weighted by Crippen LogP contribution is -2.04. The van der Waals surface area contributed by atoms with Crippen molar-refractivity contribution in [2.24, 2.45) is 10.8 Å². The van der Waals surface area contributed by atoms with Crippen LogP contribution in [0.5, 0.6) is 0 Å². The van der Waals surface area contributed by atoms with Crippen molar-refractivity contribution in [3.63, 3.8) is 0 Å². The van der Waals surface area contributed by atoms with Crippen molar-refractivity contribution in [3.8, 4) is 0 Å². The number of halogens is 2. The van der Waals surface area contributed by atoms with E-state index in [4.69, 9.17) is 0 Å². The molecule has 0 aromatic heterocycles. The van der Waals surface area contributed by atoms with Crippen molar-refractivity contribution in [1.82, 2.24) is 0 Å². The summed E-state index contributed by atoms with van der Waals surface area (Å²) in [4.78, 5) is 1.61. The molecule has 0 bridgehead atoms. The smallest absolute Gasteiger partial charge is 0.0205 e. The van der Waals surface area contributed by atoms with Gasteiger partial charge in [-0.3, -0.25) is 0 Å². The Kier molecular flexibility index (Phi) is 2.16. The van der Waals surface area contributed by atoms with Gasteiger partial charge in [-0.1, -0.05) is 45.7 Å². The molecule has 0 nitrogen and oxygen atoms in total. The van der Waals surface area contributed by atoms with Gasteiger partial charge >= 0.3 is 0 Å². The van der Waals surface area contributed by atoms with Gasteiger partial charge in [0.15, 0.2) is 0 Å². The Hall–Kier alpha value is 0.960. The zero-order chi connectivity index (χ0) is 8.98. The van der Waals surface area contributed by atoms with E-state index < -0.39 is 0 Å². The second-order valence-electron chi connectivity index (χ2n) is 5.15. The van der Waals surface area contributed by atoms with Gasteiger partial charge < -0.3 is 0 Å². The number of hydrogen-bond donors (Lipinski definition) is 0. The fourth-order valence-electron chi connectivity index (χ4n) is 1.79. The average Bonchev–Trinajstić information content (AvgIpc) is 2.75. The molecule has 0 aromatic rings. The summed E-state index contributed by atoms with van der Waals surface area (Å²) in [5.41, 5.74) is 1.27. The molecule has 0 N–H and O–H groups in total. The van der Waals surface area contributed by atoms with Gasteiger partial charge in [0, 0.05) is 9.65 Å². The average molecular weight is 296 g/mol. The third kappa shape index (κ3) is 1.61. The van der Waals surface area contributed by atoms with Crippen LogP contribution in [-0.4, -0.2) is 9.65 Å². The molecule has 0 spiro atoms. The predicted octanol–water partition coefficient (Wildman–Crippen LogP) is 4.11. The third-order valence-electron chi connectivity index (χ3n) is 3.75. The molecular weight excluding hydrogens is 280 g/mol. The SMILES string of the molecule is CC1(CCC2(C)CC2Br)CC1Br. The number of alkyl halides is 2. The van der Waals surface area contributed by atoms with E-state index in [1.807, 2.05) is 0 Å². The highest BCUT2D eigenvalue weighted by atomic mass is 79.9. The van der Waals surface area contributed by atoms with Crippen LogP contribution in [0.4, 0.5) is 0 Å². The highest BCUT2D eigenvalue weighted by Crippen LogP contribution is 2.60. The molecule has 12 heavy (non-hydrogen) atoms. The van der Waals surface area contributed by atoms with Crippen LogP contribution in [0.3, 0.4) is 0 Å². The molecule has 0 amide bonds. The Morgan fingerprint density at radius 1 is 1.00 bits per heavy atom. The lowest BCUT2D eigenvalue weighted by atomic mass is 9.94. The number of hydrogen-bond acceptors (Lipinski definition) is 0. The van der Waals surface area contributed by atoms with Crippen molar-refractivity contribution in [1.29, 1.82) is 0 Å². The summed E-state index contributed by atoms with van der Waals surface area (Å²) in [6.07, 6.45) is 5.58. The summed E-state index contributed by atoms with van der Waals surface area (Å²) in [5.74, 6) is 0. The first-order chi connectivity index (χ1) is 5.46. The fraction of sp³-hybridized carbons (Fsp3) is 1.00. The Bertz CT molecular complexity index is 182. The van der Waals surface area contributed by atoms with Crippen molar-refractivity contribution in [3.05, 3.63) is 0 Å². The molecule has 4 unspecified atom stereocenters. The van der Waals surface area contributed by atoms with E-state index in [1.165, 1.54) is 25.7 Å². The summed E-state index contributed by atoms with van der Waals surface area (Å²) in [6.45, 7) is 4.81. The molecule has 2 rings (SSSR count). The molecule has 2 saturated carbocycles. The Labute approximate surface area is 91.7 Å². The third-order valence-corrected chi connectivity index (χ3v) is 6.61. The predicted molar refractivity (Wildman–Crippen MR) is 60.1 cm³/mol. The van der Waals surface area contributed by atoms with E-state index in [9.17, 15) is 0 Å². The number of rotatable bonds is 3. The zero-order valence-electron chi connectivity index (χ0n) is 7.74. The molecule has 70 valence electrons. The highest BCUT2D eigenvalue weighted by Gasteiger charge is 2.53. The van der Waals surface area contributed by atoms with Gasteiger partial charge in [-0.25, -0.2) is 0 Å². The first-order valence-electron chi connectivity index (χ1n) is 4.74. The summed E-state index contributed by atoms with van der Waals surface area (Å²) >= 11 is 7.39. The summed E-state index contributed by atoms with van der Waals surface area (Å²) in [6, 6.07) is 0. The molecule has 0 aromatic carbocycles. The molecule has 2 fully saturated rings. The van der Waals surface area contributed by atoms with Crippen molar-refractivity contribution >= 4 is 31.9 Å². The van der Waals surface area contributed by atoms with Crippen molar-refractivity contribution < 1.29 is 0 Å². The largest absolute Gasteiger partial charge is 0.0885 e. The molecule has 0 radical (unpaired) electrons. The minimum Gasteiger partial charge on any atom is -0.0885 e. The Morgan fingerprint density at radius 2 is 1.25 bits per heavy atom. The van der Waals surface area contributed by atoms with E-state index in [-0.39, 0.29) is 0 Å². The van der Waals surface area contributed by atoms with Gasteiger partial charge in [-0.15, -0.1) is 0 Å². The van der Waals surface area contributed by atoms with E-state index in [2.05, 4.69) is 45.7 Å². The normalized spacial score (nSPS) is 57.0. The summed E-state index contributed by atoms with van der Waals surface area (Å²) in [7, 11) is 0. The van der Waals surface area contributed by atoms with E-state index in [0.717, 1.165) is 9.65 Å². The maximum Gasteiger partial charge on any atom is 0.0205 e. The van der Waals surface area contributed by atoms with E-state index >= 15 is 0 Å². The highest BCUT2D eigenvalue weighted by molar-refractivity contribution is 9.10. The molecule has 4 atom stereocenters. The van der Waals surface area contributed by atoms with Gasteiger partial charge in [0.2, 0.25) is 0 Å². The van der Waals surface area contributed by atoms with Crippen LogP contribution in [0.25, 0.3) is 0 Å². The minimum atomic E-state index is 0.637. The summed E-state index contributed by atoms with van der Waals surface area (Å²) in [5, 5.41) is 0. The molecule has 0 aliphatic heterocycles. The van der Waals surface area contributed by atoms with Gasteiger partial charge in [0.25, 0.3) is 0 Å². The van der Waals surface area contributed by atoms with Gasteiger partial charge in [-0.05, 0) is 36.5 Å². The molecule has 2 aliphatic rings. The topological polar surface area (TPSA) is 0 Å². The lowest BCUT2D eigenvalue weighted by molar-refractivity contribution is 0.409. The quantitative estimate of drug-likeness (QED) is 0.687. The monoisotopic (exact) mass is 294 g/mol. The van der Waals surface area contributed by atoms with E-state index in [0.29, 0.717) is 10.8 Å². The van der Waals surface area contributed by atoms with Gasteiger partial charge in [0.1, 0.15) is 0 Å². The van der Waals surface area contributed by atoms with Crippen LogP contribution < -0.4 is 0 Å². The molecule has 0 heterocycles. The molecule has 2 aliphatic carbocycles. The second kappa shape index (κ2) is 2.73. The van der Waals surface area contributed by atoms with Gasteiger partial charge in [0.05, 0.1) is 0 Å². The van der Waals surface area contributed by atoms with Crippen LogP contribution in [0.1, 0.15) is 39.5 Å². The van der Waals surface area contributed by atoms with Crippen LogP contribution in [-0.2, 0) is 0 Å². The van der Waals surface area contributed by atoms with Crippen molar-refractivity contribution in [2.45, 2.75) is 49.2 Å². The van der Waals surface area contributed by atoms with Crippen LogP contribution in [0, 0.1) is 10.8 Å². The first-order valence-corrected chi connectivity index (χ1v) is 6.58.